The van der Waals surface area contributed by atoms with Crippen LogP contribution in [-0.4, -0.2) is 54.3 Å². The van der Waals surface area contributed by atoms with Crippen molar-refractivity contribution in [1.29, 1.82) is 0 Å². The molecular weight excluding hydrogens is 412 g/mol. The minimum absolute atomic E-state index is 0.0732. The monoisotopic (exact) mass is 436 g/mol. The number of ether oxygens (including phenoxy) is 1. The van der Waals surface area contributed by atoms with Crippen molar-refractivity contribution in [2.24, 2.45) is 0 Å². The van der Waals surface area contributed by atoms with Crippen LogP contribution in [0.1, 0.15) is 22.8 Å². The van der Waals surface area contributed by atoms with E-state index in [4.69, 9.17) is 16.3 Å². The van der Waals surface area contributed by atoms with Gasteiger partial charge in [-0.1, -0.05) is 42.8 Å². The number of aryl methyl sites for hydroxylation is 1. The van der Waals surface area contributed by atoms with Gasteiger partial charge in [0.25, 0.3) is 5.91 Å². The molecule has 2 heterocycles. The fourth-order valence-corrected chi connectivity index (χ4v) is 3.89. The number of hydrogen-bond donors (Lipinski definition) is 0. The summed E-state index contributed by atoms with van der Waals surface area (Å²) < 4.78 is 5.33. The third-order valence-corrected chi connectivity index (χ3v) is 5.83. The van der Waals surface area contributed by atoms with Crippen LogP contribution in [0.3, 0.4) is 0 Å². The Morgan fingerprint density at radius 3 is 2.35 bits per heavy atom. The number of anilines is 1. The van der Waals surface area contributed by atoms with E-state index in [-0.39, 0.29) is 5.91 Å². The van der Waals surface area contributed by atoms with E-state index in [0.717, 1.165) is 23.5 Å². The SMILES string of the molecule is CCc1ccc(-c2ccc(N3CCN(C(=O)c4cc(Cl)ccc4OC)CC3)nn2)cc1. The first-order chi connectivity index (χ1) is 15.1. The molecule has 0 atom stereocenters. The van der Waals surface area contributed by atoms with Crippen LogP contribution in [-0.2, 0) is 6.42 Å². The van der Waals surface area contributed by atoms with Crippen molar-refractivity contribution in [1.82, 2.24) is 15.1 Å². The van der Waals surface area contributed by atoms with Crippen LogP contribution in [0.4, 0.5) is 5.82 Å². The quantitative estimate of drug-likeness (QED) is 0.595. The molecule has 31 heavy (non-hydrogen) atoms. The molecule has 2 aromatic carbocycles. The largest absolute Gasteiger partial charge is 0.496 e. The Bertz CT molecular complexity index is 1050. The number of hydrogen-bond acceptors (Lipinski definition) is 5. The second kappa shape index (κ2) is 9.35. The first-order valence-electron chi connectivity index (χ1n) is 10.4. The van der Waals surface area contributed by atoms with Gasteiger partial charge in [0.2, 0.25) is 0 Å². The average Bonchev–Trinajstić information content (AvgIpc) is 2.84. The molecule has 1 aromatic heterocycles. The lowest BCUT2D eigenvalue weighted by molar-refractivity contribution is 0.0743. The molecule has 1 aliphatic rings. The number of rotatable bonds is 5. The van der Waals surface area contributed by atoms with Crippen molar-refractivity contribution in [2.45, 2.75) is 13.3 Å². The summed E-state index contributed by atoms with van der Waals surface area (Å²) in [6.45, 7) is 4.71. The summed E-state index contributed by atoms with van der Waals surface area (Å²) in [5.74, 6) is 1.28. The summed E-state index contributed by atoms with van der Waals surface area (Å²) in [7, 11) is 1.55. The van der Waals surface area contributed by atoms with Crippen LogP contribution < -0.4 is 9.64 Å². The normalized spacial score (nSPS) is 13.9. The Kier molecular flexibility index (Phi) is 6.37. The zero-order valence-electron chi connectivity index (χ0n) is 17.7. The van der Waals surface area contributed by atoms with Crippen molar-refractivity contribution >= 4 is 23.3 Å². The van der Waals surface area contributed by atoms with Gasteiger partial charge >= 0.3 is 0 Å². The van der Waals surface area contributed by atoms with Gasteiger partial charge in [0.15, 0.2) is 5.82 Å². The van der Waals surface area contributed by atoms with Gasteiger partial charge < -0.3 is 14.5 Å². The molecule has 1 amide bonds. The molecule has 0 saturated carbocycles. The van der Waals surface area contributed by atoms with E-state index in [1.165, 1.54) is 5.56 Å². The number of amides is 1. The smallest absolute Gasteiger partial charge is 0.257 e. The van der Waals surface area contributed by atoms with E-state index in [2.05, 4.69) is 46.3 Å². The third kappa shape index (κ3) is 4.64. The summed E-state index contributed by atoms with van der Waals surface area (Å²) >= 11 is 6.08. The summed E-state index contributed by atoms with van der Waals surface area (Å²) in [6.07, 6.45) is 1.02. The second-order valence-electron chi connectivity index (χ2n) is 7.45. The van der Waals surface area contributed by atoms with Crippen LogP contribution in [0.5, 0.6) is 5.75 Å². The number of piperazine rings is 1. The van der Waals surface area contributed by atoms with Gasteiger partial charge in [0, 0.05) is 36.8 Å². The minimum Gasteiger partial charge on any atom is -0.496 e. The number of nitrogens with zero attached hydrogens (tertiary/aromatic N) is 4. The molecule has 0 spiro atoms. The van der Waals surface area contributed by atoms with E-state index in [1.54, 1.807) is 25.3 Å². The lowest BCUT2D eigenvalue weighted by Gasteiger charge is -2.35. The van der Waals surface area contributed by atoms with Gasteiger partial charge in [0.05, 0.1) is 18.4 Å². The number of aromatic nitrogens is 2. The molecule has 1 aliphatic heterocycles. The lowest BCUT2D eigenvalue weighted by atomic mass is 10.1. The molecule has 0 aliphatic carbocycles. The van der Waals surface area contributed by atoms with E-state index in [9.17, 15) is 4.79 Å². The minimum atomic E-state index is -0.0732. The van der Waals surface area contributed by atoms with Crippen LogP contribution in [0, 0.1) is 0 Å². The lowest BCUT2D eigenvalue weighted by Crippen LogP contribution is -2.49. The highest BCUT2D eigenvalue weighted by atomic mass is 35.5. The van der Waals surface area contributed by atoms with Crippen molar-refractivity contribution in [3.63, 3.8) is 0 Å². The predicted molar refractivity (Wildman–Crippen MR) is 123 cm³/mol. The molecule has 4 rings (SSSR count). The molecule has 0 radical (unpaired) electrons. The van der Waals surface area contributed by atoms with Gasteiger partial charge in [0.1, 0.15) is 5.75 Å². The molecule has 0 bridgehead atoms. The number of benzene rings is 2. The Balaban J connectivity index is 1.40. The molecule has 7 heteroatoms. The summed E-state index contributed by atoms with van der Waals surface area (Å²) in [5, 5.41) is 9.35. The van der Waals surface area contributed by atoms with Gasteiger partial charge in [-0.2, -0.15) is 0 Å². The van der Waals surface area contributed by atoms with Gasteiger partial charge in [-0.25, -0.2) is 0 Å². The first kappa shape index (κ1) is 21.1. The fourth-order valence-electron chi connectivity index (χ4n) is 3.72. The Labute approximate surface area is 187 Å². The number of methoxy groups -OCH3 is 1. The number of carbonyl (C=O) groups excluding carboxylic acids is 1. The summed E-state index contributed by atoms with van der Waals surface area (Å²) in [6, 6.07) is 17.5. The molecule has 160 valence electrons. The molecule has 1 saturated heterocycles. The van der Waals surface area contributed by atoms with E-state index in [0.29, 0.717) is 42.5 Å². The van der Waals surface area contributed by atoms with Crippen LogP contribution in [0.25, 0.3) is 11.3 Å². The zero-order valence-corrected chi connectivity index (χ0v) is 18.5. The third-order valence-electron chi connectivity index (χ3n) is 5.59. The van der Waals surface area contributed by atoms with Crippen molar-refractivity contribution in [3.8, 4) is 17.0 Å². The second-order valence-corrected chi connectivity index (χ2v) is 7.89. The van der Waals surface area contributed by atoms with Gasteiger partial charge in [-0.3, -0.25) is 4.79 Å². The molecule has 0 N–H and O–H groups in total. The maximum atomic E-state index is 13.0. The first-order valence-corrected chi connectivity index (χ1v) is 10.8. The molecule has 3 aromatic rings. The van der Waals surface area contributed by atoms with Crippen molar-refractivity contribution in [3.05, 3.63) is 70.7 Å². The maximum Gasteiger partial charge on any atom is 0.257 e. The average molecular weight is 437 g/mol. The molecule has 0 unspecified atom stereocenters. The van der Waals surface area contributed by atoms with Crippen LogP contribution in [0.15, 0.2) is 54.6 Å². The number of halogens is 1. The van der Waals surface area contributed by atoms with Crippen LogP contribution in [0.2, 0.25) is 5.02 Å². The highest BCUT2D eigenvalue weighted by Crippen LogP contribution is 2.25. The Morgan fingerprint density at radius 2 is 1.74 bits per heavy atom. The highest BCUT2D eigenvalue weighted by molar-refractivity contribution is 6.31. The Hall–Kier alpha value is -3.12. The molecule has 1 fully saturated rings. The standard InChI is InChI=1S/C24H25ClN4O2/c1-3-17-4-6-18(7-5-17)21-9-11-23(27-26-21)28-12-14-29(15-13-28)24(30)20-16-19(25)8-10-22(20)31-2/h4-11,16H,3,12-15H2,1-2H3. The van der Waals surface area contributed by atoms with Gasteiger partial charge in [-0.15, -0.1) is 10.2 Å². The topological polar surface area (TPSA) is 58.6 Å². The molecule has 6 nitrogen and oxygen atoms in total. The Morgan fingerprint density at radius 1 is 1.00 bits per heavy atom. The van der Waals surface area contributed by atoms with Crippen molar-refractivity contribution < 1.29 is 9.53 Å². The highest BCUT2D eigenvalue weighted by Gasteiger charge is 2.25. The van der Waals surface area contributed by atoms with E-state index in [1.807, 2.05) is 17.0 Å². The van der Waals surface area contributed by atoms with Gasteiger partial charge in [-0.05, 0) is 42.3 Å². The predicted octanol–water partition coefficient (Wildman–Crippen LogP) is 4.33. The maximum absolute atomic E-state index is 13.0. The van der Waals surface area contributed by atoms with Crippen molar-refractivity contribution in [2.75, 3.05) is 38.2 Å². The summed E-state index contributed by atoms with van der Waals surface area (Å²) in [5.41, 5.74) is 3.70. The van der Waals surface area contributed by atoms with E-state index >= 15 is 0 Å². The number of carbonyl (C=O) groups is 1. The van der Waals surface area contributed by atoms with Crippen LogP contribution >= 0.6 is 11.6 Å². The van der Waals surface area contributed by atoms with E-state index < -0.39 is 0 Å². The zero-order chi connectivity index (χ0) is 21.8. The fraction of sp³-hybridized carbons (Fsp3) is 0.292. The molecular formula is C24H25ClN4O2. The summed E-state index contributed by atoms with van der Waals surface area (Å²) in [4.78, 5) is 16.9.